The Morgan fingerprint density at radius 2 is 1.88 bits per heavy atom. The zero-order valence-corrected chi connectivity index (χ0v) is 23.9. The van der Waals surface area contributed by atoms with Crippen molar-refractivity contribution in [3.63, 3.8) is 0 Å². The lowest BCUT2D eigenvalue weighted by atomic mass is 10.1. The lowest BCUT2D eigenvalue weighted by Crippen LogP contribution is -2.37. The first-order valence-electron chi connectivity index (χ1n) is 12.9. The standard InChI is InChI=1S/C27H28ClFN5O7P/c1-16(26(36)38-14-17-8-4-2-5-9-17)33-42(37,41-18-10-6-3-7-11-18)39-15-20-22(35)21(29)25(40-20)34-13-12-19-23(30)31-27(28)32-24(19)34/h2-13,16,20-22,25,35H,14-15H2,1H3,(H,33,37)(H2,30,31,32)/t16-,20+,21+,22?,25+,42?/m0/s1. The van der Waals surface area contributed by atoms with Gasteiger partial charge in [0.2, 0.25) is 5.28 Å². The molecule has 6 atom stereocenters. The number of fused-ring (bicyclic) bond motifs is 1. The van der Waals surface area contributed by atoms with Crippen molar-refractivity contribution in [2.75, 3.05) is 12.3 Å². The van der Waals surface area contributed by atoms with Crippen molar-refractivity contribution in [3.05, 3.63) is 83.8 Å². The average Bonchev–Trinajstić information content (AvgIpc) is 3.52. The van der Waals surface area contributed by atoms with Crippen molar-refractivity contribution in [3.8, 4) is 5.75 Å². The van der Waals surface area contributed by atoms with E-state index in [0.29, 0.717) is 5.39 Å². The van der Waals surface area contributed by atoms with Crippen LogP contribution in [0.4, 0.5) is 10.2 Å². The van der Waals surface area contributed by atoms with Crippen LogP contribution in [0.2, 0.25) is 5.28 Å². The Morgan fingerprint density at radius 3 is 2.60 bits per heavy atom. The summed E-state index contributed by atoms with van der Waals surface area (Å²) in [5, 5.41) is 13.5. The van der Waals surface area contributed by atoms with E-state index in [2.05, 4.69) is 15.1 Å². The van der Waals surface area contributed by atoms with E-state index in [1.807, 2.05) is 18.2 Å². The predicted octanol–water partition coefficient (Wildman–Crippen LogP) is 4.19. The van der Waals surface area contributed by atoms with Gasteiger partial charge in [-0.25, -0.2) is 13.9 Å². The number of nitrogens with one attached hydrogen (secondary N) is 1. The Labute approximate surface area is 245 Å². The van der Waals surface area contributed by atoms with E-state index in [1.54, 1.807) is 48.5 Å². The molecule has 0 amide bonds. The van der Waals surface area contributed by atoms with E-state index in [0.717, 1.165) is 5.56 Å². The lowest BCUT2D eigenvalue weighted by Gasteiger charge is -2.24. The Hall–Kier alpha value is -3.58. The van der Waals surface area contributed by atoms with Crippen LogP contribution in [0.25, 0.3) is 11.0 Å². The number of hydrogen-bond acceptors (Lipinski definition) is 10. The van der Waals surface area contributed by atoms with Gasteiger partial charge in [-0.1, -0.05) is 48.5 Å². The number of benzene rings is 2. The molecule has 4 N–H and O–H groups in total. The molecule has 15 heteroatoms. The van der Waals surface area contributed by atoms with E-state index < -0.39 is 51.0 Å². The summed E-state index contributed by atoms with van der Waals surface area (Å²) in [4.78, 5) is 20.6. The maximum atomic E-state index is 15.3. The summed E-state index contributed by atoms with van der Waals surface area (Å²) >= 11 is 5.93. The van der Waals surface area contributed by atoms with Crippen molar-refractivity contribution in [2.45, 2.75) is 44.2 Å². The zero-order valence-electron chi connectivity index (χ0n) is 22.2. The molecule has 1 saturated heterocycles. The highest BCUT2D eigenvalue weighted by molar-refractivity contribution is 7.52. The maximum Gasteiger partial charge on any atom is 0.459 e. The fourth-order valence-corrected chi connectivity index (χ4v) is 6.00. The minimum atomic E-state index is -4.30. The summed E-state index contributed by atoms with van der Waals surface area (Å²) < 4.78 is 52.8. The molecule has 0 spiro atoms. The molecular weight excluding hydrogens is 592 g/mol. The topological polar surface area (TPSA) is 160 Å². The van der Waals surface area contributed by atoms with Crippen LogP contribution < -0.4 is 15.3 Å². The van der Waals surface area contributed by atoms with E-state index in [4.69, 9.17) is 35.9 Å². The number of nitrogens with zero attached hydrogens (tertiary/aromatic N) is 3. The highest BCUT2D eigenvalue weighted by Crippen LogP contribution is 2.46. The Balaban J connectivity index is 1.29. The van der Waals surface area contributed by atoms with Crippen LogP contribution in [-0.4, -0.2) is 56.6 Å². The number of para-hydroxylation sites is 1. The molecule has 12 nitrogen and oxygen atoms in total. The van der Waals surface area contributed by atoms with Gasteiger partial charge in [0.15, 0.2) is 12.4 Å². The fraction of sp³-hybridized carbons (Fsp3) is 0.296. The second-order valence-corrected chi connectivity index (χ2v) is 11.5. The first kappa shape index (κ1) is 29.9. The van der Waals surface area contributed by atoms with Gasteiger partial charge in [0.1, 0.15) is 42.1 Å². The maximum absolute atomic E-state index is 15.3. The Morgan fingerprint density at radius 1 is 1.19 bits per heavy atom. The molecule has 2 unspecified atom stereocenters. The van der Waals surface area contributed by atoms with Gasteiger partial charge >= 0.3 is 13.7 Å². The molecule has 5 rings (SSSR count). The zero-order chi connectivity index (χ0) is 29.9. The number of hydrogen-bond donors (Lipinski definition) is 3. The van der Waals surface area contributed by atoms with Gasteiger partial charge in [-0.05, 0) is 42.3 Å². The average molecular weight is 620 g/mol. The number of rotatable bonds is 11. The van der Waals surface area contributed by atoms with Crippen LogP contribution in [0.15, 0.2) is 72.9 Å². The van der Waals surface area contributed by atoms with Gasteiger partial charge in [0.25, 0.3) is 0 Å². The van der Waals surface area contributed by atoms with Crippen molar-refractivity contribution in [1.82, 2.24) is 19.6 Å². The summed E-state index contributed by atoms with van der Waals surface area (Å²) in [6.07, 6.45) is -4.70. The first-order chi connectivity index (χ1) is 20.1. The number of nitrogen functional groups attached to an aromatic ring is 1. The molecule has 2 aromatic heterocycles. The molecule has 0 aliphatic carbocycles. The fourth-order valence-electron chi connectivity index (χ4n) is 4.32. The second kappa shape index (κ2) is 12.7. The molecule has 0 bridgehead atoms. The number of nitrogens with two attached hydrogens (primary N) is 1. The van der Waals surface area contributed by atoms with E-state index >= 15 is 4.39 Å². The quantitative estimate of drug-likeness (QED) is 0.125. The van der Waals surface area contributed by atoms with Crippen LogP contribution in [0.5, 0.6) is 5.75 Å². The van der Waals surface area contributed by atoms with Crippen molar-refractivity contribution >= 4 is 42.2 Å². The van der Waals surface area contributed by atoms with Gasteiger partial charge < -0.3 is 29.4 Å². The molecule has 0 saturated carbocycles. The largest absolute Gasteiger partial charge is 0.460 e. The van der Waals surface area contributed by atoms with E-state index in [1.165, 1.54) is 17.7 Å². The molecule has 0 radical (unpaired) electrons. The molecule has 4 aromatic rings. The van der Waals surface area contributed by atoms with Crippen LogP contribution in [-0.2, 0) is 30.0 Å². The third-order valence-corrected chi connectivity index (χ3v) is 8.26. The number of aliphatic hydroxyl groups excluding tert-OH is 1. The number of aromatic nitrogens is 3. The predicted molar refractivity (Wildman–Crippen MR) is 151 cm³/mol. The van der Waals surface area contributed by atoms with Crippen molar-refractivity contribution in [1.29, 1.82) is 0 Å². The highest BCUT2D eigenvalue weighted by Gasteiger charge is 2.47. The number of esters is 1. The summed E-state index contributed by atoms with van der Waals surface area (Å²) in [6.45, 7) is 0.883. The summed E-state index contributed by atoms with van der Waals surface area (Å²) in [5.74, 6) is -0.431. The molecule has 222 valence electrons. The summed E-state index contributed by atoms with van der Waals surface area (Å²) in [5.41, 5.74) is 6.86. The second-order valence-electron chi connectivity index (χ2n) is 9.48. The highest BCUT2D eigenvalue weighted by atomic mass is 35.5. The minimum absolute atomic E-state index is 0.00757. The molecule has 42 heavy (non-hydrogen) atoms. The van der Waals surface area contributed by atoms with Crippen LogP contribution >= 0.6 is 19.3 Å². The van der Waals surface area contributed by atoms with Gasteiger partial charge in [0.05, 0.1) is 12.0 Å². The Bertz CT molecular complexity index is 1580. The summed E-state index contributed by atoms with van der Waals surface area (Å²) in [6, 6.07) is 17.6. The van der Waals surface area contributed by atoms with Crippen LogP contribution in [0.1, 0.15) is 18.7 Å². The van der Waals surface area contributed by atoms with Crippen LogP contribution in [0.3, 0.4) is 0 Å². The van der Waals surface area contributed by atoms with Crippen LogP contribution in [0, 0.1) is 0 Å². The number of alkyl halides is 1. The number of aliphatic hydroxyl groups is 1. The van der Waals surface area contributed by atoms with E-state index in [9.17, 15) is 14.5 Å². The molecule has 2 aromatic carbocycles. The molecule has 1 fully saturated rings. The van der Waals surface area contributed by atoms with Crippen molar-refractivity contribution in [2.24, 2.45) is 0 Å². The minimum Gasteiger partial charge on any atom is -0.460 e. The van der Waals surface area contributed by atoms with Gasteiger partial charge in [-0.15, -0.1) is 0 Å². The number of halogens is 2. The smallest absolute Gasteiger partial charge is 0.459 e. The van der Waals surface area contributed by atoms with E-state index in [-0.39, 0.29) is 29.1 Å². The van der Waals surface area contributed by atoms with Gasteiger partial charge in [0, 0.05) is 6.20 Å². The monoisotopic (exact) mass is 619 g/mol. The normalized spacial score (nSPS) is 22.5. The molecule has 1 aliphatic heterocycles. The van der Waals surface area contributed by atoms with Gasteiger partial charge in [-0.2, -0.15) is 10.1 Å². The number of carbonyl (C=O) groups is 1. The molecule has 3 heterocycles. The third kappa shape index (κ3) is 6.73. The van der Waals surface area contributed by atoms with Crippen molar-refractivity contribution < 1.29 is 37.4 Å². The number of carbonyl (C=O) groups excluding carboxylic acids is 1. The SMILES string of the molecule is C[C@H](NP(=O)(OC[C@H]1O[C@@H](n2ccc3c(N)nc(Cl)nc32)[C@H](F)C1O)Oc1ccccc1)C(=O)OCc1ccccc1. The molecular formula is C27H28ClFN5O7P. The number of anilines is 1. The number of ether oxygens (including phenoxy) is 2. The molecule has 1 aliphatic rings. The lowest BCUT2D eigenvalue weighted by molar-refractivity contribution is -0.146. The van der Waals surface area contributed by atoms with Gasteiger partial charge in [-0.3, -0.25) is 9.32 Å². The Kier molecular flexibility index (Phi) is 9.07. The third-order valence-electron chi connectivity index (χ3n) is 6.45. The first-order valence-corrected chi connectivity index (χ1v) is 14.8. The summed E-state index contributed by atoms with van der Waals surface area (Å²) in [7, 11) is -4.30.